The molecule has 19 nitrogen and oxygen atoms in total. The summed E-state index contributed by atoms with van der Waals surface area (Å²) in [6.07, 6.45) is 11.6. The van der Waals surface area contributed by atoms with Crippen LogP contribution in [0, 0.1) is 39.0 Å². The Labute approximate surface area is 516 Å². The monoisotopic (exact) mass is 1240 g/mol. The highest BCUT2D eigenvalue weighted by molar-refractivity contribution is 7.93. The molecule has 466 valence electrons. The lowest BCUT2D eigenvalue weighted by Crippen LogP contribution is -2.40. The van der Waals surface area contributed by atoms with Crippen molar-refractivity contribution in [3.8, 4) is 28.0 Å². The van der Waals surface area contributed by atoms with Gasteiger partial charge in [-0.15, -0.1) is 0 Å². The maximum atomic E-state index is 14.8. The van der Waals surface area contributed by atoms with Gasteiger partial charge in [0.1, 0.15) is 34.3 Å². The van der Waals surface area contributed by atoms with Crippen LogP contribution in [0.3, 0.4) is 0 Å². The summed E-state index contributed by atoms with van der Waals surface area (Å²) in [5.41, 5.74) is 4.11. The van der Waals surface area contributed by atoms with E-state index in [0.717, 1.165) is 79.7 Å². The first-order chi connectivity index (χ1) is 42.0. The van der Waals surface area contributed by atoms with Crippen molar-refractivity contribution in [2.24, 2.45) is 21.3 Å². The van der Waals surface area contributed by atoms with Crippen molar-refractivity contribution in [1.29, 1.82) is 0 Å². The van der Waals surface area contributed by atoms with E-state index in [-0.39, 0.29) is 64.8 Å². The lowest BCUT2D eigenvalue weighted by atomic mass is 9.92. The molecule has 21 heteroatoms. The minimum Gasteiger partial charge on any atom is -0.493 e. The van der Waals surface area contributed by atoms with Crippen LogP contribution in [-0.4, -0.2) is 95.5 Å². The van der Waals surface area contributed by atoms with Gasteiger partial charge in [0.2, 0.25) is 11.8 Å². The van der Waals surface area contributed by atoms with Gasteiger partial charge in [0.05, 0.1) is 35.2 Å². The van der Waals surface area contributed by atoms with Crippen LogP contribution in [0.5, 0.6) is 5.75 Å². The van der Waals surface area contributed by atoms with E-state index in [2.05, 4.69) is 33.6 Å². The summed E-state index contributed by atoms with van der Waals surface area (Å²) in [7, 11) is -8.38. The van der Waals surface area contributed by atoms with E-state index in [1.165, 1.54) is 0 Å². The van der Waals surface area contributed by atoms with E-state index in [0.29, 0.717) is 109 Å². The Hall–Kier alpha value is -7.65. The van der Waals surface area contributed by atoms with Gasteiger partial charge in [0.15, 0.2) is 5.82 Å². The molecule has 2 spiro atoms. The second kappa shape index (κ2) is 24.7. The number of benzene rings is 4. The van der Waals surface area contributed by atoms with Crippen LogP contribution in [0.15, 0.2) is 114 Å². The maximum Gasteiger partial charge on any atom is 0.264 e. The van der Waals surface area contributed by atoms with Gasteiger partial charge in [-0.3, -0.25) is 38.9 Å². The Kier molecular flexibility index (Phi) is 17.4. The van der Waals surface area contributed by atoms with Crippen LogP contribution in [0.1, 0.15) is 163 Å². The van der Waals surface area contributed by atoms with Gasteiger partial charge in [-0.25, -0.2) is 21.6 Å². The first kappa shape index (κ1) is 62.0. The number of aryl methyl sites for hydroxylation is 2. The Morgan fingerprint density at radius 1 is 0.625 bits per heavy atom. The number of aromatic nitrogens is 2. The zero-order chi connectivity index (χ0) is 62.3. The van der Waals surface area contributed by atoms with E-state index < -0.39 is 36.5 Å². The smallest absolute Gasteiger partial charge is 0.264 e. The van der Waals surface area contributed by atoms with Gasteiger partial charge in [-0.2, -0.15) is 0 Å². The number of ether oxygens (including phenoxy) is 1. The number of sulfonamides is 2. The molecule has 0 radical (unpaired) electrons. The molecule has 2 N–H and O–H groups in total. The van der Waals surface area contributed by atoms with Crippen LogP contribution in [0.4, 0.5) is 11.7 Å². The third-order valence-corrected chi connectivity index (χ3v) is 21.6. The number of hydrogen-bond acceptors (Lipinski definition) is 14. The van der Waals surface area contributed by atoms with Crippen LogP contribution < -0.4 is 14.2 Å². The number of likely N-dealkylation sites (tertiary alicyclic amines) is 1. The molecule has 1 saturated heterocycles. The summed E-state index contributed by atoms with van der Waals surface area (Å²) in [5.74, 6) is 2.78. The summed E-state index contributed by atoms with van der Waals surface area (Å²) in [6, 6.07) is 25.1. The highest BCUT2D eigenvalue weighted by atomic mass is 32.2. The van der Waals surface area contributed by atoms with Gasteiger partial charge in [-0.1, -0.05) is 137 Å². The minimum atomic E-state index is -4.19. The molecule has 4 aromatic carbocycles. The summed E-state index contributed by atoms with van der Waals surface area (Å²) in [6.45, 7) is 16.7. The molecule has 5 aliphatic rings. The molecule has 2 saturated carbocycles. The number of aliphatic imine (C=N–C) groups is 2. The Balaban J connectivity index is 0.844. The predicted octanol–water partition coefficient (Wildman–Crippen LogP) is 12.8. The molecule has 5 heterocycles. The molecule has 2 aliphatic carbocycles. The third kappa shape index (κ3) is 12.3. The van der Waals surface area contributed by atoms with E-state index in [1.807, 2.05) is 64.9 Å². The van der Waals surface area contributed by atoms with Gasteiger partial charge in [-0.05, 0) is 125 Å². The van der Waals surface area contributed by atoms with E-state index in [4.69, 9.17) is 23.8 Å². The number of carbonyl (C=O) groups is 3. The molecule has 0 bridgehead atoms. The van der Waals surface area contributed by atoms with Crippen molar-refractivity contribution >= 4 is 61.1 Å². The average molecular weight is 1240 g/mol. The fourth-order valence-electron chi connectivity index (χ4n) is 13.1. The van der Waals surface area contributed by atoms with Crippen LogP contribution in [0.2, 0.25) is 0 Å². The largest absolute Gasteiger partial charge is 0.493 e. The molecule has 3 fully saturated rings. The Bertz CT molecular complexity index is 3970. The molecule has 88 heavy (non-hydrogen) atoms. The van der Waals surface area contributed by atoms with Gasteiger partial charge < -0.3 is 18.7 Å². The Morgan fingerprint density at radius 3 is 1.75 bits per heavy atom. The zero-order valence-electron chi connectivity index (χ0n) is 51.8. The number of unbranched alkanes of at least 4 members (excludes halogenated alkanes) is 1. The standard InChI is InChI=1S/C67H81N9O10S2/c1-9-10-23-58-68-66(31-15-16-32-66)63(78)75(58)41-49-26-28-52(54-20-12-14-22-57(54)87(80,81)72-60-45(4)47(6)85-71-60)55(39-49)84-37-30-43(2)24-29-59-69-67(33-17-18-34-67)64(79)76(59)40-48-25-27-51(50(38-48)42-74-36-35-65(7,8)62(74)77)53-19-11-13-21-56(53)88(82,83)73-61-44(3)46(5)70-86-61/h11-14,19-22,25-28,38-39,43,73H,9-10,15-18,23-24,29-37,40-42H2,1-8H3,(H,71,72). The number of rotatable bonds is 24. The van der Waals surface area contributed by atoms with Crippen LogP contribution >= 0.6 is 0 Å². The van der Waals surface area contributed by atoms with Crippen molar-refractivity contribution in [2.45, 2.75) is 192 Å². The van der Waals surface area contributed by atoms with Crippen molar-refractivity contribution in [3.63, 3.8) is 0 Å². The second-order valence-electron chi connectivity index (χ2n) is 25.5. The van der Waals surface area contributed by atoms with Gasteiger partial charge in [0, 0.05) is 59.2 Å². The van der Waals surface area contributed by atoms with E-state index >= 15 is 0 Å². The number of carbonyl (C=O) groups excluding carboxylic acids is 3. The van der Waals surface area contributed by atoms with Crippen molar-refractivity contribution in [3.05, 3.63) is 124 Å². The Morgan fingerprint density at radius 2 is 1.19 bits per heavy atom. The second-order valence-corrected chi connectivity index (χ2v) is 28.8. The molecule has 6 aromatic rings. The molecule has 1 unspecified atom stereocenters. The SMILES string of the molecule is CCCCC1=NC2(CCCC2)C(=O)N1Cc1ccc(-c2ccccc2S(=O)(=O)Nc2noc(C)c2C)c(OCCC(C)CCC2=NC3(CCCC3)C(=O)N2Cc2ccc(-c3ccccc3S(=O)(=O)Nc3onc(C)c3C)c(CN3CCC(C)(C)C3=O)c2)c1. The third-order valence-electron chi connectivity index (χ3n) is 18.8. The van der Waals surface area contributed by atoms with Crippen molar-refractivity contribution in [2.75, 3.05) is 22.6 Å². The molecule has 3 amide bonds. The van der Waals surface area contributed by atoms with E-state index in [9.17, 15) is 31.2 Å². The van der Waals surface area contributed by atoms with Crippen molar-refractivity contribution in [1.82, 2.24) is 25.0 Å². The normalized spacial score (nSPS) is 18.3. The molecule has 1 atom stereocenters. The predicted molar refractivity (Wildman–Crippen MR) is 338 cm³/mol. The number of nitrogens with zero attached hydrogens (tertiary/aromatic N) is 7. The molecule has 3 aliphatic heterocycles. The molecular formula is C67H81N9O10S2. The van der Waals surface area contributed by atoms with Gasteiger partial charge >= 0.3 is 0 Å². The fraction of sp³-hybridized carbons (Fsp3) is 0.478. The first-order valence-corrected chi connectivity index (χ1v) is 34.1. The lowest BCUT2D eigenvalue weighted by Gasteiger charge is -2.25. The summed E-state index contributed by atoms with van der Waals surface area (Å²) in [5, 5.41) is 7.92. The summed E-state index contributed by atoms with van der Waals surface area (Å²) in [4.78, 5) is 58.9. The average Bonchev–Trinajstić information content (AvgIpc) is 1.80. The first-order valence-electron chi connectivity index (χ1n) is 31.1. The van der Waals surface area contributed by atoms with Crippen LogP contribution in [0.25, 0.3) is 22.3 Å². The maximum absolute atomic E-state index is 14.8. The lowest BCUT2D eigenvalue weighted by molar-refractivity contribution is -0.135. The topological polar surface area (TPSA) is 239 Å². The molecule has 11 rings (SSSR count). The molecule has 2 aromatic heterocycles. The van der Waals surface area contributed by atoms with E-state index in [1.54, 1.807) is 76.2 Å². The quantitative estimate of drug-likeness (QED) is 0.0575. The number of hydrogen-bond donors (Lipinski definition) is 2. The van der Waals surface area contributed by atoms with Crippen LogP contribution in [-0.2, 0) is 54.1 Å². The zero-order valence-corrected chi connectivity index (χ0v) is 53.5. The number of anilines is 2. The highest BCUT2D eigenvalue weighted by Crippen LogP contribution is 2.44. The highest BCUT2D eigenvalue weighted by Gasteiger charge is 2.51. The van der Waals surface area contributed by atoms with Gasteiger partial charge in [0.25, 0.3) is 31.9 Å². The number of amides is 3. The number of amidine groups is 2. The minimum absolute atomic E-state index is 0.0147. The number of nitrogens with one attached hydrogen (secondary N) is 2. The summed E-state index contributed by atoms with van der Waals surface area (Å²) >= 11 is 0. The molecular weight excluding hydrogens is 1150 g/mol. The fourth-order valence-corrected chi connectivity index (χ4v) is 15.6. The summed E-state index contributed by atoms with van der Waals surface area (Å²) < 4.78 is 79.7. The van der Waals surface area contributed by atoms with Crippen molar-refractivity contribution < 1.29 is 45.0 Å².